The maximum absolute atomic E-state index is 2.43. The van der Waals surface area contributed by atoms with Crippen LogP contribution in [0.5, 0.6) is 0 Å². The van der Waals surface area contributed by atoms with Gasteiger partial charge >= 0.3 is 0 Å². The third kappa shape index (κ3) is 13.9. The predicted octanol–water partition coefficient (Wildman–Crippen LogP) is 38.2. The van der Waals surface area contributed by atoms with E-state index in [0.717, 1.165) is 0 Å². The first-order chi connectivity index (χ1) is 68.4. The molecule has 644 valence electrons. The maximum atomic E-state index is 2.43. The van der Waals surface area contributed by atoms with Gasteiger partial charge in [-0.1, -0.05) is 484 Å². The van der Waals surface area contributed by atoms with Crippen LogP contribution in [0, 0.1) is 0 Å². The van der Waals surface area contributed by atoms with E-state index in [4.69, 9.17) is 0 Å². The minimum atomic E-state index is 0.114. The number of rotatable bonds is 8. The van der Waals surface area contributed by atoms with Crippen molar-refractivity contribution < 1.29 is 0 Å². The van der Waals surface area contributed by atoms with Crippen molar-refractivity contribution in [3.63, 3.8) is 0 Å². The lowest BCUT2D eigenvalue weighted by atomic mass is 9.80. The average molecular weight is 1800 g/mol. The molecule has 0 aromatic heterocycles. The number of hydrogen-bond acceptors (Lipinski definition) is 3. The van der Waals surface area contributed by atoms with E-state index in [0.29, 0.717) is 0 Å². The van der Waals surface area contributed by atoms with E-state index in [-0.39, 0.29) is 17.8 Å². The van der Waals surface area contributed by atoms with Crippen LogP contribution in [0.1, 0.15) is 67.8 Å². The van der Waals surface area contributed by atoms with Gasteiger partial charge in [-0.2, -0.15) is 0 Å². The summed E-state index contributed by atoms with van der Waals surface area (Å²) in [5.74, 6) is 0.421. The summed E-state index contributed by atoms with van der Waals surface area (Å²) >= 11 is 5.74. The van der Waals surface area contributed by atoms with Crippen molar-refractivity contribution in [1.82, 2.24) is 0 Å². The van der Waals surface area contributed by atoms with Crippen LogP contribution in [-0.2, 0) is 0 Å². The second-order valence-electron chi connectivity index (χ2n) is 36.9. The van der Waals surface area contributed by atoms with Crippen molar-refractivity contribution in [2.45, 2.75) is 47.1 Å². The lowest BCUT2D eigenvalue weighted by molar-refractivity contribution is 0.926. The van der Waals surface area contributed by atoms with E-state index >= 15 is 0 Å². The molecule has 0 fully saturated rings. The van der Waals surface area contributed by atoms with Gasteiger partial charge in [0.05, 0.1) is 0 Å². The SMILES string of the molecule is c1ccc(-c2c(-c3ccccc3)c3cc(-c4ccc(C5c6c(ccc7ccccc67)Sc6ccc7ccccc7c65)cc4)ccc3c3ccccc23)cc1.c1ccc2c3c(ccc2c1)Sc1ccc2ccccc2c1C3c1ccc(-c2cc3ccccc3c3ccccc23)cc1.c1ccc2c3c(ccc2c1)Sc1ccc2ccccc2c1C3c1ccc(-c2ccc3c(ccc4ccccc43)c2)cc1. The topological polar surface area (TPSA) is 0 Å². The van der Waals surface area contributed by atoms with Gasteiger partial charge in [0.2, 0.25) is 0 Å². The van der Waals surface area contributed by atoms with Gasteiger partial charge in [-0.25, -0.2) is 0 Å². The first kappa shape index (κ1) is 81.4. The number of fused-ring (bicyclic) bond motifs is 27. The Morgan fingerprint density at radius 1 is 0.123 bits per heavy atom. The van der Waals surface area contributed by atoms with E-state index in [1.807, 2.05) is 35.3 Å². The third-order valence-corrected chi connectivity index (χ3v) is 32.8. The van der Waals surface area contributed by atoms with Gasteiger partial charge in [-0.05, 0) is 290 Å². The molecule has 3 aliphatic rings. The predicted molar refractivity (Wildman–Crippen MR) is 590 cm³/mol. The lowest BCUT2D eigenvalue weighted by Gasteiger charge is -2.31. The van der Waals surface area contributed by atoms with Crippen molar-refractivity contribution in [3.05, 3.63) is 554 Å². The van der Waals surface area contributed by atoms with Crippen LogP contribution in [0.4, 0.5) is 0 Å². The molecule has 26 aromatic carbocycles. The zero-order valence-corrected chi connectivity index (χ0v) is 77.8. The van der Waals surface area contributed by atoms with Crippen LogP contribution < -0.4 is 0 Å². The van der Waals surface area contributed by atoms with Gasteiger partial charge in [-0.15, -0.1) is 0 Å². The molecule has 3 heteroatoms. The normalized spacial score (nSPS) is 12.9. The highest BCUT2D eigenvalue weighted by Gasteiger charge is 2.36. The fraction of sp³-hybridized carbons (Fsp3) is 0.0222. The highest BCUT2D eigenvalue weighted by molar-refractivity contribution is 8.00. The molecule has 138 heavy (non-hydrogen) atoms. The summed E-state index contributed by atoms with van der Waals surface area (Å²) in [6.07, 6.45) is 0. The molecule has 0 atom stereocenters. The van der Waals surface area contributed by atoms with E-state index in [2.05, 4.69) is 504 Å². The van der Waals surface area contributed by atoms with Crippen LogP contribution in [0.3, 0.4) is 0 Å². The molecule has 3 aliphatic heterocycles. The van der Waals surface area contributed by atoms with E-state index in [1.54, 1.807) is 0 Å². The van der Waals surface area contributed by atoms with Gasteiger partial charge in [0.15, 0.2) is 0 Å². The first-order valence-corrected chi connectivity index (χ1v) is 50.3. The Balaban J connectivity index is 0.000000106. The van der Waals surface area contributed by atoms with Gasteiger partial charge in [0.25, 0.3) is 0 Å². The molecule has 0 radical (unpaired) electrons. The second kappa shape index (κ2) is 34.1. The van der Waals surface area contributed by atoms with Crippen LogP contribution in [0.2, 0.25) is 0 Å². The zero-order valence-electron chi connectivity index (χ0n) is 75.4. The molecule has 0 bridgehead atoms. The van der Waals surface area contributed by atoms with Crippen molar-refractivity contribution in [3.8, 4) is 55.6 Å². The quantitative estimate of drug-likeness (QED) is 0.139. The molecular formula is C135H86S3. The molecule has 26 aromatic rings. The molecule has 0 saturated carbocycles. The van der Waals surface area contributed by atoms with E-state index in [1.165, 1.54) is 264 Å². The lowest BCUT2D eigenvalue weighted by Crippen LogP contribution is -2.11. The smallest absolute Gasteiger partial charge is 0.0374 e. The van der Waals surface area contributed by atoms with E-state index in [9.17, 15) is 0 Å². The van der Waals surface area contributed by atoms with Crippen molar-refractivity contribution in [1.29, 1.82) is 0 Å². The Kier molecular flexibility index (Phi) is 20.1. The highest BCUT2D eigenvalue weighted by Crippen LogP contribution is 2.58. The fourth-order valence-corrected chi connectivity index (χ4v) is 26.6. The maximum Gasteiger partial charge on any atom is 0.0374 e. The van der Waals surface area contributed by atoms with Crippen LogP contribution >= 0.6 is 35.3 Å². The van der Waals surface area contributed by atoms with Crippen LogP contribution in [0.15, 0.2) is 533 Å². The summed E-state index contributed by atoms with van der Waals surface area (Å²) in [4.78, 5) is 8.10. The molecule has 0 saturated heterocycles. The summed E-state index contributed by atoms with van der Waals surface area (Å²) in [7, 11) is 0. The zero-order chi connectivity index (χ0) is 90.8. The Bertz CT molecular complexity index is 9170. The van der Waals surface area contributed by atoms with E-state index < -0.39 is 0 Å². The Morgan fingerprint density at radius 2 is 0.355 bits per heavy atom. The first-order valence-electron chi connectivity index (χ1n) is 47.8. The fourth-order valence-electron chi connectivity index (χ4n) is 23.0. The number of hydrogen-bond donors (Lipinski definition) is 0. The Labute approximate surface area is 814 Å². The summed E-state index contributed by atoms with van der Waals surface area (Å²) < 4.78 is 0. The standard InChI is InChI=1S/C53H34S.2C41H26S/c1-3-15-37(16-4-1)49-45-22-12-11-21-43(45)44-30-27-40(33-46(44)50(49)38-17-5-2-6-18-38)34-23-25-39(26-24-34)51-52-41-19-9-7-13-35(41)28-31-47(52)54-48-32-29-36-14-8-10-20-42(36)53(48)51;1-5-13-32-26(9-1)21-23-37-40(32)39(41-33-14-6-2-10-27(33)22-24-38(41)42-37)29-19-17-28(18-20-29)36-25-30-11-3-4-12-31(30)34-15-7-8-16-35(34)36;1-4-10-33-27(7-1)15-18-32-25-31(19-22-34(32)33)26-13-16-30(17-14-26)39-40-35-11-5-2-8-28(35)20-23-37(40)42-38-24-21-29-9-3-6-12-36(29)41(38)39/h1-33,51H;2*1-25,39H. The molecule has 0 spiro atoms. The molecule has 0 unspecified atom stereocenters. The summed E-state index contributed by atoms with van der Waals surface area (Å²) in [6, 6.07) is 187. The van der Waals surface area contributed by atoms with Crippen LogP contribution in [0.25, 0.3) is 185 Å². The molecule has 0 amide bonds. The summed E-state index contributed by atoms with van der Waals surface area (Å²) in [6.45, 7) is 0. The number of benzene rings is 26. The minimum Gasteiger partial charge on any atom is -0.0894 e. The molecule has 3 heterocycles. The molecule has 0 nitrogen and oxygen atoms in total. The third-order valence-electron chi connectivity index (χ3n) is 29.3. The highest BCUT2D eigenvalue weighted by atomic mass is 32.2. The molecular weight excluding hydrogens is 1720 g/mol. The molecule has 29 rings (SSSR count). The average Bonchev–Trinajstić information content (AvgIpc) is 1.59. The van der Waals surface area contributed by atoms with Gasteiger partial charge < -0.3 is 0 Å². The van der Waals surface area contributed by atoms with Crippen LogP contribution in [-0.4, -0.2) is 0 Å². The largest absolute Gasteiger partial charge is 0.0894 e. The summed E-state index contributed by atoms with van der Waals surface area (Å²) in [5, 5.41) is 31.3. The monoisotopic (exact) mass is 1800 g/mol. The minimum absolute atomic E-state index is 0.114. The Morgan fingerprint density at radius 3 is 0.732 bits per heavy atom. The van der Waals surface area contributed by atoms with Gasteiger partial charge in [0, 0.05) is 47.1 Å². The van der Waals surface area contributed by atoms with Crippen molar-refractivity contribution >= 4 is 165 Å². The molecule has 0 N–H and O–H groups in total. The Hall–Kier alpha value is -16.1. The van der Waals surface area contributed by atoms with Gasteiger partial charge in [0.1, 0.15) is 0 Å². The summed E-state index contributed by atoms with van der Waals surface area (Å²) in [5.41, 5.74) is 25.0. The molecule has 0 aliphatic carbocycles. The second-order valence-corrected chi connectivity index (χ2v) is 40.1. The van der Waals surface area contributed by atoms with Crippen molar-refractivity contribution in [2.24, 2.45) is 0 Å². The van der Waals surface area contributed by atoms with Gasteiger partial charge in [-0.3, -0.25) is 0 Å². The van der Waals surface area contributed by atoms with Crippen molar-refractivity contribution in [2.75, 3.05) is 0 Å².